The van der Waals surface area contributed by atoms with Gasteiger partial charge >= 0.3 is 5.97 Å². The molecule has 5 N–H and O–H groups in total. The number of anilines is 2. The third-order valence-electron chi connectivity index (χ3n) is 2.23. The predicted octanol–water partition coefficient (Wildman–Crippen LogP) is 0.482. The molecule has 0 spiro atoms. The van der Waals surface area contributed by atoms with Gasteiger partial charge in [-0.3, -0.25) is 4.79 Å². The number of esters is 1. The second kappa shape index (κ2) is 5.85. The lowest BCUT2D eigenvalue weighted by molar-refractivity contribution is -0.117. The maximum absolute atomic E-state index is 13.5. The number of halogens is 1. The number of methoxy groups -OCH3 is 1. The van der Waals surface area contributed by atoms with E-state index in [0.717, 1.165) is 6.07 Å². The molecule has 18 heavy (non-hydrogen) atoms. The number of carbonyl (C=O) groups is 2. The van der Waals surface area contributed by atoms with Crippen LogP contribution in [0.4, 0.5) is 15.8 Å². The van der Waals surface area contributed by atoms with E-state index >= 15 is 0 Å². The van der Waals surface area contributed by atoms with Crippen LogP contribution in [0.3, 0.4) is 0 Å². The van der Waals surface area contributed by atoms with Crippen LogP contribution in [0.15, 0.2) is 12.1 Å². The van der Waals surface area contributed by atoms with Crippen LogP contribution in [0.1, 0.15) is 16.8 Å². The van der Waals surface area contributed by atoms with Gasteiger partial charge in [0.25, 0.3) is 0 Å². The van der Waals surface area contributed by atoms with Gasteiger partial charge in [-0.15, -0.1) is 0 Å². The van der Waals surface area contributed by atoms with E-state index in [0.29, 0.717) is 0 Å². The van der Waals surface area contributed by atoms with Crippen LogP contribution in [0, 0.1) is 5.82 Å². The van der Waals surface area contributed by atoms with Gasteiger partial charge in [-0.25, -0.2) is 9.18 Å². The molecule has 1 rings (SSSR count). The Labute approximate surface area is 103 Å². The van der Waals surface area contributed by atoms with Gasteiger partial charge in [0.05, 0.1) is 18.4 Å². The number of ether oxygens (including phenoxy) is 1. The summed E-state index contributed by atoms with van der Waals surface area (Å²) < 4.78 is 18.0. The molecule has 0 atom stereocenters. The highest BCUT2D eigenvalue weighted by Gasteiger charge is 2.14. The highest BCUT2D eigenvalue weighted by Crippen LogP contribution is 2.22. The Morgan fingerprint density at radius 2 is 2.11 bits per heavy atom. The van der Waals surface area contributed by atoms with Gasteiger partial charge in [0.1, 0.15) is 5.82 Å². The lowest BCUT2D eigenvalue weighted by Crippen LogP contribution is -2.16. The molecule has 1 amide bonds. The first-order valence-corrected chi connectivity index (χ1v) is 5.15. The third-order valence-corrected chi connectivity index (χ3v) is 2.23. The zero-order chi connectivity index (χ0) is 13.7. The van der Waals surface area contributed by atoms with Gasteiger partial charge in [0, 0.05) is 18.7 Å². The fourth-order valence-corrected chi connectivity index (χ4v) is 1.33. The van der Waals surface area contributed by atoms with Gasteiger partial charge in [0.15, 0.2) is 0 Å². The summed E-state index contributed by atoms with van der Waals surface area (Å²) in [4.78, 5) is 21.9. The Bertz CT molecular complexity index is 477. The van der Waals surface area contributed by atoms with Gasteiger partial charge < -0.3 is 21.5 Å². The zero-order valence-electron chi connectivity index (χ0n) is 9.83. The summed E-state index contributed by atoms with van der Waals surface area (Å²) in [6.07, 6.45) is 0.0530. The standard InChI is InChI=1S/C11H14FN3O3/c1-18-11(17)6-4-9(7(12)5-8(6)13)15-3-2-10(14)16/h4-5,15H,2-3,13H2,1H3,(H2,14,16). The quantitative estimate of drug-likeness (QED) is 0.524. The van der Waals surface area contributed by atoms with Crippen molar-refractivity contribution in [3.05, 3.63) is 23.5 Å². The first kappa shape index (κ1) is 13.8. The van der Waals surface area contributed by atoms with E-state index in [1.165, 1.54) is 13.2 Å². The van der Waals surface area contributed by atoms with Crippen LogP contribution < -0.4 is 16.8 Å². The Kier molecular flexibility index (Phi) is 4.47. The average molecular weight is 255 g/mol. The van der Waals surface area contributed by atoms with E-state index in [4.69, 9.17) is 11.5 Å². The number of rotatable bonds is 5. The number of nitrogen functional groups attached to an aromatic ring is 1. The topological polar surface area (TPSA) is 107 Å². The van der Waals surface area contributed by atoms with Crippen LogP contribution in [-0.2, 0) is 9.53 Å². The number of nitrogens with two attached hydrogens (primary N) is 2. The number of benzene rings is 1. The molecule has 6 nitrogen and oxygen atoms in total. The van der Waals surface area contributed by atoms with Crippen molar-refractivity contribution in [1.29, 1.82) is 0 Å². The summed E-state index contributed by atoms with van der Waals surface area (Å²) in [6.45, 7) is 0.163. The Balaban J connectivity index is 2.91. The SMILES string of the molecule is COC(=O)c1cc(NCCC(N)=O)c(F)cc1N. The molecule has 0 heterocycles. The molecule has 0 aliphatic carbocycles. The van der Waals surface area contributed by atoms with Crippen LogP contribution in [0.25, 0.3) is 0 Å². The van der Waals surface area contributed by atoms with Crippen LogP contribution >= 0.6 is 0 Å². The zero-order valence-corrected chi connectivity index (χ0v) is 9.83. The van der Waals surface area contributed by atoms with Crippen molar-refractivity contribution in [2.45, 2.75) is 6.42 Å². The molecule has 1 aromatic carbocycles. The average Bonchev–Trinajstić information content (AvgIpc) is 2.30. The van der Waals surface area contributed by atoms with Crippen LogP contribution in [-0.4, -0.2) is 25.5 Å². The first-order valence-electron chi connectivity index (χ1n) is 5.15. The molecule has 7 heteroatoms. The van der Waals surface area contributed by atoms with Gasteiger partial charge in [-0.1, -0.05) is 0 Å². The van der Waals surface area contributed by atoms with Crippen molar-refractivity contribution in [1.82, 2.24) is 0 Å². The summed E-state index contributed by atoms with van der Waals surface area (Å²) >= 11 is 0. The van der Waals surface area contributed by atoms with E-state index in [1.54, 1.807) is 0 Å². The Morgan fingerprint density at radius 3 is 2.67 bits per heavy atom. The molecule has 0 fully saturated rings. The number of nitrogens with one attached hydrogen (secondary N) is 1. The minimum absolute atomic E-state index is 0.0141. The molecular formula is C11H14FN3O3. The molecule has 1 aromatic rings. The molecule has 0 saturated heterocycles. The van der Waals surface area contributed by atoms with Crippen molar-refractivity contribution in [2.75, 3.05) is 24.7 Å². The summed E-state index contributed by atoms with van der Waals surface area (Å²) in [5, 5.41) is 2.65. The van der Waals surface area contributed by atoms with E-state index in [9.17, 15) is 14.0 Å². The molecule has 98 valence electrons. The molecule has 0 saturated carbocycles. The molecule has 0 aromatic heterocycles. The molecule has 0 aliphatic heterocycles. The predicted molar refractivity (Wildman–Crippen MR) is 64.5 cm³/mol. The van der Waals surface area contributed by atoms with Crippen molar-refractivity contribution < 1.29 is 18.7 Å². The second-order valence-corrected chi connectivity index (χ2v) is 3.55. The van der Waals surface area contributed by atoms with E-state index in [-0.39, 0.29) is 29.9 Å². The lowest BCUT2D eigenvalue weighted by atomic mass is 10.1. The van der Waals surface area contributed by atoms with Crippen molar-refractivity contribution in [2.24, 2.45) is 5.73 Å². The minimum Gasteiger partial charge on any atom is -0.465 e. The van der Waals surface area contributed by atoms with E-state index in [2.05, 4.69) is 10.1 Å². The Hall–Kier alpha value is -2.31. The van der Waals surface area contributed by atoms with Gasteiger partial charge in [-0.05, 0) is 12.1 Å². The molecule has 0 radical (unpaired) electrons. The summed E-state index contributed by atoms with van der Waals surface area (Å²) in [5.41, 5.74) is 10.6. The maximum atomic E-state index is 13.5. The Morgan fingerprint density at radius 1 is 1.44 bits per heavy atom. The molecule has 0 unspecified atom stereocenters. The second-order valence-electron chi connectivity index (χ2n) is 3.55. The summed E-state index contributed by atoms with van der Waals surface area (Å²) in [5.74, 6) is -1.79. The first-order chi connectivity index (χ1) is 8.45. The van der Waals surface area contributed by atoms with Crippen molar-refractivity contribution in [3.8, 4) is 0 Å². The minimum atomic E-state index is -0.662. The fourth-order valence-electron chi connectivity index (χ4n) is 1.33. The largest absolute Gasteiger partial charge is 0.465 e. The number of carbonyl (C=O) groups excluding carboxylic acids is 2. The number of hydrogen-bond acceptors (Lipinski definition) is 5. The molecule has 0 aliphatic rings. The monoisotopic (exact) mass is 255 g/mol. The smallest absolute Gasteiger partial charge is 0.340 e. The van der Waals surface area contributed by atoms with Crippen molar-refractivity contribution in [3.63, 3.8) is 0 Å². The third kappa shape index (κ3) is 3.34. The number of hydrogen-bond donors (Lipinski definition) is 3. The van der Waals surface area contributed by atoms with Crippen LogP contribution in [0.5, 0.6) is 0 Å². The molecule has 0 bridgehead atoms. The summed E-state index contributed by atoms with van der Waals surface area (Å²) in [6, 6.07) is 2.25. The van der Waals surface area contributed by atoms with Crippen LogP contribution in [0.2, 0.25) is 0 Å². The normalized spacial score (nSPS) is 9.89. The highest BCUT2D eigenvalue weighted by atomic mass is 19.1. The van der Waals surface area contributed by atoms with E-state index in [1.807, 2.05) is 0 Å². The number of primary amides is 1. The lowest BCUT2D eigenvalue weighted by Gasteiger charge is -2.10. The fraction of sp³-hybridized carbons (Fsp3) is 0.273. The highest BCUT2D eigenvalue weighted by molar-refractivity contribution is 5.96. The number of amides is 1. The van der Waals surface area contributed by atoms with Gasteiger partial charge in [0.2, 0.25) is 5.91 Å². The molecular weight excluding hydrogens is 241 g/mol. The van der Waals surface area contributed by atoms with Crippen molar-refractivity contribution >= 4 is 23.3 Å². The maximum Gasteiger partial charge on any atom is 0.340 e. The summed E-state index contributed by atoms with van der Waals surface area (Å²) in [7, 11) is 1.20. The van der Waals surface area contributed by atoms with Gasteiger partial charge in [-0.2, -0.15) is 0 Å². The van der Waals surface area contributed by atoms with E-state index < -0.39 is 17.7 Å².